The molecule has 1 aliphatic carbocycles. The molecule has 0 bridgehead atoms. The Morgan fingerprint density at radius 1 is 1.08 bits per heavy atom. The van der Waals surface area contributed by atoms with E-state index in [4.69, 9.17) is 4.42 Å². The number of furan rings is 1. The maximum atomic E-state index is 12.8. The maximum Gasteiger partial charge on any atom is 0.329 e. The minimum absolute atomic E-state index is 0.193. The first-order valence-electron chi connectivity index (χ1n) is 8.49. The summed E-state index contributed by atoms with van der Waals surface area (Å²) in [6.07, 6.45) is 2.51. The Hall–Kier alpha value is -2.82. The van der Waals surface area contributed by atoms with Crippen molar-refractivity contribution in [3.63, 3.8) is 0 Å². The fraction of sp³-hybridized carbons (Fsp3) is 0.300. The van der Waals surface area contributed by atoms with Crippen molar-refractivity contribution in [3.05, 3.63) is 47.7 Å². The van der Waals surface area contributed by atoms with Gasteiger partial charge in [0.05, 0.1) is 0 Å². The third kappa shape index (κ3) is 2.38. The fourth-order valence-electron chi connectivity index (χ4n) is 3.81. The molecule has 1 saturated carbocycles. The molecule has 2 aromatic carbocycles. The van der Waals surface area contributed by atoms with Gasteiger partial charge in [0.25, 0.3) is 5.91 Å². The van der Waals surface area contributed by atoms with Crippen molar-refractivity contribution in [2.75, 3.05) is 0 Å². The number of carboxylic acids is 1. The first-order valence-corrected chi connectivity index (χ1v) is 8.49. The van der Waals surface area contributed by atoms with Gasteiger partial charge < -0.3 is 14.8 Å². The van der Waals surface area contributed by atoms with Crippen LogP contribution in [0.1, 0.15) is 41.8 Å². The molecule has 3 aromatic rings. The lowest BCUT2D eigenvalue weighted by atomic mass is 9.97. The predicted octanol–water partition coefficient (Wildman–Crippen LogP) is 4.02. The molecule has 0 unspecified atom stereocenters. The van der Waals surface area contributed by atoms with Gasteiger partial charge in [-0.2, -0.15) is 0 Å². The topological polar surface area (TPSA) is 79.5 Å². The van der Waals surface area contributed by atoms with Crippen LogP contribution in [0, 0.1) is 6.92 Å². The van der Waals surface area contributed by atoms with E-state index in [-0.39, 0.29) is 5.76 Å². The zero-order valence-corrected chi connectivity index (χ0v) is 14.0. The second kappa shape index (κ2) is 5.62. The third-order valence-electron chi connectivity index (χ3n) is 5.25. The normalized spacial score (nSPS) is 16.4. The van der Waals surface area contributed by atoms with Crippen LogP contribution in [0.4, 0.5) is 0 Å². The van der Waals surface area contributed by atoms with Crippen molar-refractivity contribution < 1.29 is 19.1 Å². The van der Waals surface area contributed by atoms with Crippen LogP contribution in [0.15, 0.2) is 40.8 Å². The number of hydrogen-bond acceptors (Lipinski definition) is 3. The summed E-state index contributed by atoms with van der Waals surface area (Å²) in [5.74, 6) is -1.24. The van der Waals surface area contributed by atoms with E-state index in [1.807, 2.05) is 43.3 Å². The molecule has 0 spiro atoms. The van der Waals surface area contributed by atoms with Gasteiger partial charge in [0.15, 0.2) is 5.76 Å². The number of rotatable bonds is 3. The molecular formula is C20H19NO4. The predicted molar refractivity (Wildman–Crippen MR) is 94.8 cm³/mol. The Bertz CT molecular complexity index is 996. The van der Waals surface area contributed by atoms with Crippen LogP contribution in [0.2, 0.25) is 0 Å². The van der Waals surface area contributed by atoms with Crippen LogP contribution in [0.5, 0.6) is 0 Å². The number of benzene rings is 2. The maximum absolute atomic E-state index is 12.8. The summed E-state index contributed by atoms with van der Waals surface area (Å²) < 4.78 is 5.90. The first-order chi connectivity index (χ1) is 12.0. The standard InChI is InChI=1S/C20H19NO4/c1-12-14-9-8-13-6-2-3-7-15(13)17(14)25-16(12)18(22)21-20(19(23)24)10-4-5-11-20/h2-3,6-9H,4-5,10-11H2,1H3,(H,21,22)(H,23,24). The van der Waals surface area contributed by atoms with E-state index in [0.717, 1.165) is 34.6 Å². The molecule has 5 heteroatoms. The average molecular weight is 337 g/mol. The molecule has 0 atom stereocenters. The van der Waals surface area contributed by atoms with Crippen molar-refractivity contribution in [3.8, 4) is 0 Å². The van der Waals surface area contributed by atoms with Crippen molar-refractivity contribution in [1.82, 2.24) is 5.32 Å². The molecule has 0 saturated heterocycles. The Morgan fingerprint density at radius 2 is 1.80 bits per heavy atom. The summed E-state index contributed by atoms with van der Waals surface area (Å²) in [7, 11) is 0. The quantitative estimate of drug-likeness (QED) is 0.756. The minimum Gasteiger partial charge on any atom is -0.480 e. The molecule has 128 valence electrons. The molecule has 4 rings (SSSR count). The SMILES string of the molecule is Cc1c(C(=O)NC2(C(=O)O)CCCC2)oc2c1ccc1ccccc12. The summed E-state index contributed by atoms with van der Waals surface area (Å²) in [6.45, 7) is 1.83. The van der Waals surface area contributed by atoms with Crippen LogP contribution < -0.4 is 5.32 Å². The van der Waals surface area contributed by atoms with Gasteiger partial charge in [0.1, 0.15) is 11.1 Å². The van der Waals surface area contributed by atoms with Gasteiger partial charge in [-0.1, -0.05) is 49.2 Å². The average Bonchev–Trinajstić information content (AvgIpc) is 3.21. The number of carbonyl (C=O) groups excluding carboxylic acids is 1. The molecule has 2 N–H and O–H groups in total. The van der Waals surface area contributed by atoms with Crippen LogP contribution in [0.3, 0.4) is 0 Å². The second-order valence-electron chi connectivity index (χ2n) is 6.77. The number of fused-ring (bicyclic) bond motifs is 3. The Labute approximate surface area is 144 Å². The lowest BCUT2D eigenvalue weighted by molar-refractivity contribution is -0.144. The number of nitrogens with one attached hydrogen (secondary N) is 1. The zero-order valence-electron chi connectivity index (χ0n) is 14.0. The summed E-state index contributed by atoms with van der Waals surface area (Å²) >= 11 is 0. The lowest BCUT2D eigenvalue weighted by Crippen LogP contribution is -2.52. The van der Waals surface area contributed by atoms with Crippen LogP contribution in [-0.2, 0) is 4.79 Å². The molecule has 5 nitrogen and oxygen atoms in total. The van der Waals surface area contributed by atoms with Gasteiger partial charge in [-0.25, -0.2) is 4.79 Å². The van der Waals surface area contributed by atoms with Gasteiger partial charge >= 0.3 is 5.97 Å². The summed E-state index contributed by atoms with van der Waals surface area (Å²) in [5, 5.41) is 15.1. The number of hydrogen-bond donors (Lipinski definition) is 2. The summed E-state index contributed by atoms with van der Waals surface area (Å²) in [5.41, 5.74) is 0.221. The van der Waals surface area contributed by atoms with Gasteiger partial charge in [-0.15, -0.1) is 0 Å². The van der Waals surface area contributed by atoms with E-state index >= 15 is 0 Å². The fourth-order valence-corrected chi connectivity index (χ4v) is 3.81. The molecule has 0 radical (unpaired) electrons. The Kier molecular flexibility index (Phi) is 3.53. The van der Waals surface area contributed by atoms with E-state index in [0.29, 0.717) is 18.4 Å². The lowest BCUT2D eigenvalue weighted by Gasteiger charge is -2.24. The van der Waals surface area contributed by atoms with Crippen molar-refractivity contribution in [2.45, 2.75) is 38.1 Å². The molecule has 1 heterocycles. The Balaban J connectivity index is 1.78. The van der Waals surface area contributed by atoms with Crippen molar-refractivity contribution in [1.29, 1.82) is 0 Å². The van der Waals surface area contributed by atoms with Gasteiger partial charge in [0, 0.05) is 16.3 Å². The molecule has 1 amide bonds. The van der Waals surface area contributed by atoms with E-state index in [1.165, 1.54) is 0 Å². The number of amides is 1. The zero-order chi connectivity index (χ0) is 17.6. The van der Waals surface area contributed by atoms with Gasteiger partial charge in [-0.3, -0.25) is 4.79 Å². The van der Waals surface area contributed by atoms with Crippen molar-refractivity contribution in [2.24, 2.45) is 0 Å². The van der Waals surface area contributed by atoms with Gasteiger partial charge in [0.2, 0.25) is 0 Å². The highest BCUT2D eigenvalue weighted by molar-refractivity contribution is 6.09. The molecule has 0 aliphatic heterocycles. The van der Waals surface area contributed by atoms with Crippen LogP contribution in [0.25, 0.3) is 21.7 Å². The third-order valence-corrected chi connectivity index (χ3v) is 5.25. The van der Waals surface area contributed by atoms with Crippen LogP contribution >= 0.6 is 0 Å². The van der Waals surface area contributed by atoms with E-state index in [1.54, 1.807) is 0 Å². The first kappa shape index (κ1) is 15.7. The number of carboxylic acid groups (broad SMARTS) is 1. The largest absolute Gasteiger partial charge is 0.480 e. The smallest absolute Gasteiger partial charge is 0.329 e. The summed E-state index contributed by atoms with van der Waals surface area (Å²) in [6, 6.07) is 11.8. The number of aliphatic carboxylic acids is 1. The van der Waals surface area contributed by atoms with Gasteiger partial charge in [-0.05, 0) is 25.2 Å². The molecule has 1 aromatic heterocycles. The van der Waals surface area contributed by atoms with Crippen molar-refractivity contribution >= 4 is 33.6 Å². The van der Waals surface area contributed by atoms with E-state index < -0.39 is 17.4 Å². The second-order valence-corrected chi connectivity index (χ2v) is 6.77. The Morgan fingerprint density at radius 3 is 2.52 bits per heavy atom. The molecule has 1 aliphatic rings. The highest BCUT2D eigenvalue weighted by atomic mass is 16.4. The number of carbonyl (C=O) groups is 2. The van der Waals surface area contributed by atoms with Crippen LogP contribution in [-0.4, -0.2) is 22.5 Å². The summed E-state index contributed by atoms with van der Waals surface area (Å²) in [4.78, 5) is 24.4. The minimum atomic E-state index is -1.18. The molecular weight excluding hydrogens is 318 g/mol. The number of aryl methyl sites for hydroxylation is 1. The molecule has 1 fully saturated rings. The van der Waals surface area contributed by atoms with E-state index in [2.05, 4.69) is 5.32 Å². The van der Waals surface area contributed by atoms with E-state index in [9.17, 15) is 14.7 Å². The molecule has 25 heavy (non-hydrogen) atoms. The monoisotopic (exact) mass is 337 g/mol. The highest BCUT2D eigenvalue weighted by Crippen LogP contribution is 2.34. The highest BCUT2D eigenvalue weighted by Gasteiger charge is 2.43.